The predicted octanol–water partition coefficient (Wildman–Crippen LogP) is 7.08. The highest BCUT2D eigenvalue weighted by Crippen LogP contribution is 2.68. The number of aliphatic hydroxyl groups is 2. The highest BCUT2D eigenvalue weighted by Gasteiger charge is 2.62. The van der Waals surface area contributed by atoms with E-state index < -0.39 is 0 Å². The molecule has 0 aliphatic heterocycles. The van der Waals surface area contributed by atoms with E-state index in [9.17, 15) is 10.2 Å². The first-order chi connectivity index (χ1) is 14.6. The molecular formula is C29H52O2. The predicted molar refractivity (Wildman–Crippen MR) is 130 cm³/mol. The van der Waals surface area contributed by atoms with Crippen LogP contribution in [0.25, 0.3) is 0 Å². The highest BCUT2D eigenvalue weighted by atomic mass is 16.3. The molecule has 0 bridgehead atoms. The van der Waals surface area contributed by atoms with Gasteiger partial charge in [-0.3, -0.25) is 0 Å². The van der Waals surface area contributed by atoms with Gasteiger partial charge in [0.15, 0.2) is 0 Å². The summed E-state index contributed by atoms with van der Waals surface area (Å²) in [6.07, 6.45) is 13.2. The van der Waals surface area contributed by atoms with Gasteiger partial charge in [0.2, 0.25) is 0 Å². The van der Waals surface area contributed by atoms with E-state index in [4.69, 9.17) is 0 Å². The van der Waals surface area contributed by atoms with Crippen molar-refractivity contribution >= 4 is 0 Å². The summed E-state index contributed by atoms with van der Waals surface area (Å²) in [7, 11) is 0. The quantitative estimate of drug-likeness (QED) is 0.471. The Morgan fingerprint density at radius 3 is 2.19 bits per heavy atom. The average molecular weight is 433 g/mol. The average Bonchev–Trinajstić information content (AvgIpc) is 3.06. The summed E-state index contributed by atoms with van der Waals surface area (Å²) in [5, 5.41) is 21.7. The Balaban J connectivity index is 1.49. The number of hydrogen-bond donors (Lipinski definition) is 2. The largest absolute Gasteiger partial charge is 0.393 e. The van der Waals surface area contributed by atoms with Crippen LogP contribution < -0.4 is 0 Å². The van der Waals surface area contributed by atoms with Gasteiger partial charge in [-0.1, -0.05) is 54.4 Å². The summed E-state index contributed by atoms with van der Waals surface area (Å²) < 4.78 is 0. The van der Waals surface area contributed by atoms with Crippen molar-refractivity contribution in [2.45, 2.75) is 124 Å². The van der Waals surface area contributed by atoms with Gasteiger partial charge in [0.1, 0.15) is 0 Å². The second-order valence-electron chi connectivity index (χ2n) is 13.4. The molecule has 2 heteroatoms. The highest BCUT2D eigenvalue weighted by molar-refractivity contribution is 5.11. The molecule has 11 atom stereocenters. The third kappa shape index (κ3) is 4.05. The molecule has 2 nitrogen and oxygen atoms in total. The molecule has 31 heavy (non-hydrogen) atoms. The molecule has 3 unspecified atom stereocenters. The molecule has 4 aliphatic rings. The van der Waals surface area contributed by atoms with E-state index in [0.717, 1.165) is 42.9 Å². The van der Waals surface area contributed by atoms with Crippen LogP contribution in [0.2, 0.25) is 0 Å². The van der Waals surface area contributed by atoms with Crippen LogP contribution in [0.3, 0.4) is 0 Å². The lowest BCUT2D eigenvalue weighted by Crippen LogP contribution is -2.58. The van der Waals surface area contributed by atoms with Crippen molar-refractivity contribution in [2.24, 2.45) is 58.2 Å². The zero-order valence-electron chi connectivity index (χ0n) is 21.4. The maximum Gasteiger partial charge on any atom is 0.0577 e. The van der Waals surface area contributed by atoms with Crippen molar-refractivity contribution in [1.29, 1.82) is 0 Å². The van der Waals surface area contributed by atoms with Gasteiger partial charge in [-0.2, -0.15) is 0 Å². The maximum atomic E-state index is 11.4. The molecule has 4 aliphatic carbocycles. The zero-order valence-corrected chi connectivity index (χ0v) is 21.4. The first kappa shape index (κ1) is 24.1. The van der Waals surface area contributed by atoms with Gasteiger partial charge in [0, 0.05) is 0 Å². The lowest BCUT2D eigenvalue weighted by Gasteiger charge is -2.62. The molecule has 0 aromatic carbocycles. The molecule has 4 saturated carbocycles. The summed E-state index contributed by atoms with van der Waals surface area (Å²) in [6, 6.07) is 0. The van der Waals surface area contributed by atoms with Crippen LogP contribution in [-0.4, -0.2) is 22.4 Å². The molecular weight excluding hydrogens is 380 g/mol. The fourth-order valence-electron chi connectivity index (χ4n) is 9.86. The van der Waals surface area contributed by atoms with Crippen LogP contribution in [0.5, 0.6) is 0 Å². The van der Waals surface area contributed by atoms with Crippen molar-refractivity contribution in [2.75, 3.05) is 0 Å². The summed E-state index contributed by atoms with van der Waals surface area (Å²) in [5.74, 6) is 5.75. The number of hydrogen-bond acceptors (Lipinski definition) is 2. The molecule has 4 rings (SSSR count). The molecule has 4 fully saturated rings. The lowest BCUT2D eigenvalue weighted by atomic mass is 9.43. The van der Waals surface area contributed by atoms with Crippen molar-refractivity contribution in [3.05, 3.63) is 0 Å². The topological polar surface area (TPSA) is 40.5 Å². The molecule has 180 valence electrons. The van der Waals surface area contributed by atoms with Gasteiger partial charge in [0.05, 0.1) is 12.2 Å². The second kappa shape index (κ2) is 8.94. The molecule has 0 heterocycles. The second-order valence-corrected chi connectivity index (χ2v) is 13.4. The normalized spacial score (nSPS) is 49.3. The van der Waals surface area contributed by atoms with E-state index in [-0.39, 0.29) is 12.2 Å². The molecule has 0 amide bonds. The number of rotatable bonds is 6. The molecule has 0 radical (unpaired) electrons. The van der Waals surface area contributed by atoms with Gasteiger partial charge in [-0.15, -0.1) is 0 Å². The van der Waals surface area contributed by atoms with Crippen LogP contribution in [0.1, 0.15) is 112 Å². The first-order valence-electron chi connectivity index (χ1n) is 14.0. The van der Waals surface area contributed by atoms with Gasteiger partial charge in [-0.05, 0) is 116 Å². The minimum atomic E-state index is -0.141. The van der Waals surface area contributed by atoms with E-state index in [1.807, 2.05) is 0 Å². The van der Waals surface area contributed by atoms with Gasteiger partial charge >= 0.3 is 0 Å². The van der Waals surface area contributed by atoms with Crippen LogP contribution in [0, 0.1) is 58.2 Å². The number of fused-ring (bicyclic) bond motifs is 5. The Bertz CT molecular complexity index is 616. The van der Waals surface area contributed by atoms with E-state index >= 15 is 0 Å². The van der Waals surface area contributed by atoms with Crippen LogP contribution in [0.4, 0.5) is 0 Å². The molecule has 0 spiro atoms. The maximum absolute atomic E-state index is 11.4. The SMILES string of the molecule is CC[C@H](CC[C@@H](C)[C@H]1CCC2[C@@H]3C(O)C[C@@H]4C[C@H](O)CC[C@]4(C)C3CC[C@@]21C)C(C)C. The van der Waals surface area contributed by atoms with Gasteiger partial charge < -0.3 is 10.2 Å². The van der Waals surface area contributed by atoms with Crippen LogP contribution in [-0.2, 0) is 0 Å². The smallest absolute Gasteiger partial charge is 0.0577 e. The Hall–Kier alpha value is -0.0800. The Morgan fingerprint density at radius 1 is 0.839 bits per heavy atom. The molecule has 0 aromatic heterocycles. The minimum Gasteiger partial charge on any atom is -0.393 e. The van der Waals surface area contributed by atoms with Crippen molar-refractivity contribution in [3.63, 3.8) is 0 Å². The monoisotopic (exact) mass is 432 g/mol. The van der Waals surface area contributed by atoms with Crippen LogP contribution >= 0.6 is 0 Å². The van der Waals surface area contributed by atoms with Crippen LogP contribution in [0.15, 0.2) is 0 Å². The Labute approximate surface area is 193 Å². The third-order valence-corrected chi connectivity index (χ3v) is 11.9. The van der Waals surface area contributed by atoms with E-state index in [1.54, 1.807) is 0 Å². The first-order valence-corrected chi connectivity index (χ1v) is 14.0. The van der Waals surface area contributed by atoms with Gasteiger partial charge in [0.25, 0.3) is 0 Å². The van der Waals surface area contributed by atoms with E-state index in [2.05, 4.69) is 41.5 Å². The Kier molecular flexibility index (Phi) is 6.93. The van der Waals surface area contributed by atoms with Crippen molar-refractivity contribution in [3.8, 4) is 0 Å². The van der Waals surface area contributed by atoms with Crippen molar-refractivity contribution in [1.82, 2.24) is 0 Å². The summed E-state index contributed by atoms with van der Waals surface area (Å²) in [5.41, 5.74) is 0.776. The summed E-state index contributed by atoms with van der Waals surface area (Å²) >= 11 is 0. The van der Waals surface area contributed by atoms with E-state index in [1.165, 1.54) is 51.4 Å². The third-order valence-electron chi connectivity index (χ3n) is 11.9. The summed E-state index contributed by atoms with van der Waals surface area (Å²) in [6.45, 7) is 14.9. The number of aliphatic hydroxyl groups excluding tert-OH is 2. The fraction of sp³-hybridized carbons (Fsp3) is 1.00. The summed E-state index contributed by atoms with van der Waals surface area (Å²) in [4.78, 5) is 0. The van der Waals surface area contributed by atoms with Crippen molar-refractivity contribution < 1.29 is 10.2 Å². The zero-order chi connectivity index (χ0) is 22.6. The molecule has 0 saturated heterocycles. The van der Waals surface area contributed by atoms with E-state index in [0.29, 0.717) is 34.5 Å². The molecule has 2 N–H and O–H groups in total. The Morgan fingerprint density at radius 2 is 1.52 bits per heavy atom. The standard InChI is InChI=1S/C29H52O2/c1-7-20(18(2)3)9-8-19(4)23-10-11-24-27-25(13-15-29(23,24)6)28(5)14-12-22(30)16-21(28)17-26(27)31/h18-27,30-31H,7-17H2,1-6H3/t19-,20-,21+,22-,23-,24?,25?,26?,27+,28+,29-/m1/s1. The lowest BCUT2D eigenvalue weighted by molar-refractivity contribution is -0.174. The fourth-order valence-corrected chi connectivity index (χ4v) is 9.86. The minimum absolute atomic E-state index is 0.134. The molecule has 0 aromatic rings. The van der Waals surface area contributed by atoms with Gasteiger partial charge in [-0.25, -0.2) is 0 Å².